The number of nitrogens with zero attached hydrogens (tertiary/aromatic N) is 2. The lowest BCUT2D eigenvalue weighted by atomic mass is 10.2. The summed E-state index contributed by atoms with van der Waals surface area (Å²) in [6.45, 7) is 0. The Kier molecular flexibility index (Phi) is 3.35. The molecular weight excluding hydrogens is 300 g/mol. The van der Waals surface area contributed by atoms with Gasteiger partial charge in [0.05, 0.1) is 0 Å². The van der Waals surface area contributed by atoms with E-state index in [1.807, 2.05) is 11.4 Å². The molecule has 0 saturated heterocycles. The highest BCUT2D eigenvalue weighted by atomic mass is 79.9. The van der Waals surface area contributed by atoms with Crippen LogP contribution in [0.5, 0.6) is 0 Å². The van der Waals surface area contributed by atoms with Crippen molar-refractivity contribution >= 4 is 38.9 Å². The van der Waals surface area contributed by atoms with Crippen LogP contribution in [0.1, 0.15) is 16.5 Å². The fraction of sp³-hybridized carbons (Fsp3) is 0.111. The molecule has 6 heteroatoms. The molecule has 2 heterocycles. The van der Waals surface area contributed by atoms with E-state index in [2.05, 4.69) is 25.9 Å². The van der Waals surface area contributed by atoms with Crippen molar-refractivity contribution < 1.29 is 5.11 Å². The molecule has 15 heavy (non-hydrogen) atoms. The van der Waals surface area contributed by atoms with Gasteiger partial charge in [-0.2, -0.15) is 0 Å². The van der Waals surface area contributed by atoms with Crippen molar-refractivity contribution in [2.75, 3.05) is 0 Å². The number of hydrogen-bond donors (Lipinski definition) is 1. The third-order valence-electron chi connectivity index (χ3n) is 1.84. The molecule has 0 aliphatic carbocycles. The summed E-state index contributed by atoms with van der Waals surface area (Å²) in [7, 11) is 0. The summed E-state index contributed by atoms with van der Waals surface area (Å²) in [5, 5.41) is 12.2. The number of hydrogen-bond acceptors (Lipinski definition) is 4. The van der Waals surface area contributed by atoms with Crippen molar-refractivity contribution in [2.24, 2.45) is 0 Å². The molecule has 1 unspecified atom stereocenters. The smallest absolute Gasteiger partial charge is 0.138 e. The first-order valence-corrected chi connectivity index (χ1v) is 6.11. The summed E-state index contributed by atoms with van der Waals surface area (Å²) in [5.74, 6) is 0. The maximum atomic E-state index is 10.0. The average molecular weight is 306 g/mol. The Morgan fingerprint density at radius 2 is 2.33 bits per heavy atom. The van der Waals surface area contributed by atoms with Crippen molar-refractivity contribution in [3.8, 4) is 0 Å². The first kappa shape index (κ1) is 11.0. The van der Waals surface area contributed by atoms with E-state index in [0.29, 0.717) is 5.56 Å². The van der Waals surface area contributed by atoms with E-state index >= 15 is 0 Å². The van der Waals surface area contributed by atoms with Crippen molar-refractivity contribution in [1.82, 2.24) is 9.97 Å². The predicted octanol–water partition coefficient (Wildman–Crippen LogP) is 3.04. The minimum absolute atomic E-state index is 0.280. The number of halogens is 2. The first-order chi connectivity index (χ1) is 7.18. The molecule has 1 atom stereocenters. The fourth-order valence-corrected chi connectivity index (χ4v) is 2.78. The van der Waals surface area contributed by atoms with Gasteiger partial charge in [0, 0.05) is 26.5 Å². The van der Waals surface area contributed by atoms with Crippen LogP contribution in [0.3, 0.4) is 0 Å². The highest BCUT2D eigenvalue weighted by Crippen LogP contribution is 2.31. The van der Waals surface area contributed by atoms with E-state index in [4.69, 9.17) is 11.6 Å². The summed E-state index contributed by atoms with van der Waals surface area (Å²) >= 11 is 10.6. The van der Waals surface area contributed by atoms with Gasteiger partial charge in [0.15, 0.2) is 0 Å². The van der Waals surface area contributed by atoms with Crippen LogP contribution in [-0.2, 0) is 0 Å². The Labute approximate surface area is 104 Å². The summed E-state index contributed by atoms with van der Waals surface area (Å²) in [5.41, 5.74) is 0.522. The summed E-state index contributed by atoms with van der Waals surface area (Å²) in [6.07, 6.45) is 2.10. The van der Waals surface area contributed by atoms with Crippen LogP contribution in [-0.4, -0.2) is 15.1 Å². The molecule has 0 saturated carbocycles. The number of aliphatic hydroxyl groups is 1. The first-order valence-electron chi connectivity index (χ1n) is 4.06. The van der Waals surface area contributed by atoms with Crippen molar-refractivity contribution in [3.05, 3.63) is 44.0 Å². The van der Waals surface area contributed by atoms with Gasteiger partial charge in [-0.1, -0.05) is 11.6 Å². The number of thiophene rings is 1. The SMILES string of the molecule is OC(c1cc(Br)cs1)c1cncnc1Cl. The standard InChI is InChI=1S/C9H6BrClN2OS/c10-5-1-7(15-3-5)8(14)6-2-12-4-13-9(6)11/h1-4,8,14H. The average Bonchev–Trinajstić information content (AvgIpc) is 2.65. The monoisotopic (exact) mass is 304 g/mol. The summed E-state index contributed by atoms with van der Waals surface area (Å²) < 4.78 is 0.939. The Hall–Kier alpha value is -0.490. The summed E-state index contributed by atoms with van der Waals surface area (Å²) in [4.78, 5) is 8.46. The fourth-order valence-electron chi connectivity index (χ4n) is 1.13. The molecule has 3 nitrogen and oxygen atoms in total. The van der Waals surface area contributed by atoms with Gasteiger partial charge in [0.2, 0.25) is 0 Å². The Morgan fingerprint density at radius 1 is 1.53 bits per heavy atom. The Balaban J connectivity index is 2.36. The molecule has 78 valence electrons. The van der Waals surface area contributed by atoms with E-state index in [1.165, 1.54) is 23.9 Å². The molecule has 0 amide bonds. The molecule has 2 aromatic heterocycles. The molecular formula is C9H6BrClN2OS. The van der Waals surface area contributed by atoms with E-state index in [9.17, 15) is 5.11 Å². The van der Waals surface area contributed by atoms with E-state index in [-0.39, 0.29) is 5.15 Å². The van der Waals surface area contributed by atoms with Crippen LogP contribution >= 0.6 is 38.9 Å². The number of rotatable bonds is 2. The largest absolute Gasteiger partial charge is 0.383 e. The van der Waals surface area contributed by atoms with Gasteiger partial charge in [-0.25, -0.2) is 9.97 Å². The second-order valence-electron chi connectivity index (χ2n) is 2.84. The zero-order valence-electron chi connectivity index (χ0n) is 7.39. The molecule has 2 rings (SSSR count). The van der Waals surface area contributed by atoms with Gasteiger partial charge in [0.25, 0.3) is 0 Å². The topological polar surface area (TPSA) is 46.0 Å². The molecule has 0 bridgehead atoms. The van der Waals surface area contributed by atoms with Crippen LogP contribution in [0.15, 0.2) is 28.4 Å². The van der Waals surface area contributed by atoms with Crippen LogP contribution in [0, 0.1) is 0 Å². The molecule has 0 aromatic carbocycles. The second kappa shape index (κ2) is 4.57. The minimum Gasteiger partial charge on any atom is -0.383 e. The number of aromatic nitrogens is 2. The predicted molar refractivity (Wildman–Crippen MR) is 63.1 cm³/mol. The Morgan fingerprint density at radius 3 is 2.93 bits per heavy atom. The van der Waals surface area contributed by atoms with E-state index in [1.54, 1.807) is 0 Å². The lowest BCUT2D eigenvalue weighted by molar-refractivity contribution is 0.223. The second-order valence-corrected chi connectivity index (χ2v) is 5.06. The van der Waals surface area contributed by atoms with Gasteiger partial charge >= 0.3 is 0 Å². The zero-order valence-corrected chi connectivity index (χ0v) is 10.6. The van der Waals surface area contributed by atoms with Gasteiger partial charge in [-0.3, -0.25) is 0 Å². The zero-order chi connectivity index (χ0) is 10.8. The van der Waals surface area contributed by atoms with E-state index in [0.717, 1.165) is 9.35 Å². The molecule has 1 N–H and O–H groups in total. The third-order valence-corrected chi connectivity index (χ3v) is 3.90. The molecule has 0 aliphatic heterocycles. The lowest BCUT2D eigenvalue weighted by Crippen LogP contribution is -2.00. The van der Waals surface area contributed by atoms with Crippen LogP contribution in [0.25, 0.3) is 0 Å². The molecule has 0 spiro atoms. The highest BCUT2D eigenvalue weighted by Gasteiger charge is 2.16. The van der Waals surface area contributed by atoms with Crippen molar-refractivity contribution in [2.45, 2.75) is 6.10 Å². The van der Waals surface area contributed by atoms with Crippen LogP contribution < -0.4 is 0 Å². The van der Waals surface area contributed by atoms with E-state index < -0.39 is 6.10 Å². The molecule has 0 fully saturated rings. The third kappa shape index (κ3) is 2.36. The number of aliphatic hydroxyl groups excluding tert-OH is 1. The summed E-state index contributed by atoms with van der Waals surface area (Å²) in [6, 6.07) is 1.85. The van der Waals surface area contributed by atoms with Crippen LogP contribution in [0.4, 0.5) is 0 Å². The van der Waals surface area contributed by atoms with Crippen LogP contribution in [0.2, 0.25) is 5.15 Å². The Bertz CT molecular complexity index is 477. The maximum Gasteiger partial charge on any atom is 0.138 e. The maximum absolute atomic E-state index is 10.0. The minimum atomic E-state index is -0.769. The van der Waals surface area contributed by atoms with Crippen molar-refractivity contribution in [1.29, 1.82) is 0 Å². The van der Waals surface area contributed by atoms with Gasteiger partial charge in [-0.15, -0.1) is 11.3 Å². The van der Waals surface area contributed by atoms with Gasteiger partial charge in [-0.05, 0) is 22.0 Å². The molecule has 2 aromatic rings. The lowest BCUT2D eigenvalue weighted by Gasteiger charge is -2.08. The van der Waals surface area contributed by atoms with Gasteiger partial charge < -0.3 is 5.11 Å². The molecule has 0 aliphatic rings. The van der Waals surface area contributed by atoms with Crippen molar-refractivity contribution in [3.63, 3.8) is 0 Å². The normalized spacial score (nSPS) is 12.7. The highest BCUT2D eigenvalue weighted by molar-refractivity contribution is 9.10. The molecule has 0 radical (unpaired) electrons. The quantitative estimate of drug-likeness (QED) is 0.868. The van der Waals surface area contributed by atoms with Gasteiger partial charge in [0.1, 0.15) is 17.6 Å².